The minimum atomic E-state index is -0.578. The molecule has 1 unspecified atom stereocenters. The second-order valence-electron chi connectivity index (χ2n) is 8.96. The Morgan fingerprint density at radius 1 is 1.12 bits per heavy atom. The Morgan fingerprint density at radius 3 is 2.17 bits per heavy atom. The minimum Gasteiger partial charge on any atom is -0.393 e. The largest absolute Gasteiger partial charge is 0.393 e. The first-order valence-corrected chi connectivity index (χ1v) is 9.36. The summed E-state index contributed by atoms with van der Waals surface area (Å²) in [6.07, 6.45) is 11.5. The van der Waals surface area contributed by atoms with Crippen molar-refractivity contribution in [2.24, 2.45) is 0 Å². The van der Waals surface area contributed by atoms with Gasteiger partial charge in [0.1, 0.15) is 5.60 Å². The molecular formula is C20H35NO3. The summed E-state index contributed by atoms with van der Waals surface area (Å²) in [6.45, 7) is 9.34. The number of β-amino-alcohol motifs (C(OH)–C–C–N with tert-alkyl or cyclic N) is 1. The number of aliphatic hydroxyl groups excluding tert-OH is 2. The lowest BCUT2D eigenvalue weighted by atomic mass is 9.78. The molecule has 4 heteroatoms. The maximum absolute atomic E-state index is 10.6. The summed E-state index contributed by atoms with van der Waals surface area (Å²) in [5.74, 6) is 2.83. The van der Waals surface area contributed by atoms with Crippen LogP contribution in [-0.2, 0) is 4.74 Å². The number of likely N-dealkylation sites (tertiary alicyclic amines) is 1. The molecule has 24 heavy (non-hydrogen) atoms. The van der Waals surface area contributed by atoms with Gasteiger partial charge in [0.2, 0.25) is 0 Å². The fourth-order valence-corrected chi connectivity index (χ4v) is 4.73. The number of hydrogen-bond acceptors (Lipinski definition) is 4. The van der Waals surface area contributed by atoms with Gasteiger partial charge in [0, 0.05) is 17.6 Å². The first kappa shape index (κ1) is 19.7. The number of aliphatic hydroxyl groups is 2. The van der Waals surface area contributed by atoms with Crippen molar-refractivity contribution in [1.29, 1.82) is 0 Å². The number of rotatable bonds is 5. The van der Waals surface area contributed by atoms with Crippen LogP contribution in [0.4, 0.5) is 0 Å². The average Bonchev–Trinajstić information content (AvgIpc) is 2.49. The molecule has 0 aromatic carbocycles. The van der Waals surface area contributed by atoms with E-state index in [4.69, 9.17) is 11.2 Å². The molecule has 0 aromatic heterocycles. The van der Waals surface area contributed by atoms with Crippen LogP contribution in [0.25, 0.3) is 0 Å². The molecule has 1 atom stereocenters. The van der Waals surface area contributed by atoms with Gasteiger partial charge in [-0.15, -0.1) is 6.42 Å². The number of hydrogen-bond donors (Lipinski definition) is 2. The SMILES string of the molecule is C#CC1(OCC(O)CN2C(C)(C)CC(O)CC2(C)C)CCCCC1. The first-order valence-electron chi connectivity index (χ1n) is 9.36. The first-order chi connectivity index (χ1) is 11.1. The molecule has 2 rings (SSSR count). The summed E-state index contributed by atoms with van der Waals surface area (Å²) in [6, 6.07) is 0. The van der Waals surface area contributed by atoms with E-state index in [-0.39, 0.29) is 23.8 Å². The van der Waals surface area contributed by atoms with E-state index in [2.05, 4.69) is 38.5 Å². The molecule has 0 spiro atoms. The Morgan fingerprint density at radius 2 is 1.67 bits per heavy atom. The number of terminal acetylenes is 1. The van der Waals surface area contributed by atoms with Crippen molar-refractivity contribution < 1.29 is 14.9 Å². The molecule has 2 N–H and O–H groups in total. The lowest BCUT2D eigenvalue weighted by molar-refractivity contribution is -0.117. The van der Waals surface area contributed by atoms with Crippen molar-refractivity contribution in [3.8, 4) is 12.3 Å². The van der Waals surface area contributed by atoms with Crippen molar-refractivity contribution >= 4 is 0 Å². The van der Waals surface area contributed by atoms with Gasteiger partial charge in [-0.05, 0) is 66.2 Å². The molecule has 0 amide bonds. The molecule has 2 fully saturated rings. The number of piperidine rings is 1. The van der Waals surface area contributed by atoms with Gasteiger partial charge in [-0.2, -0.15) is 0 Å². The summed E-state index contributed by atoms with van der Waals surface area (Å²) >= 11 is 0. The fraction of sp³-hybridized carbons (Fsp3) is 0.900. The van der Waals surface area contributed by atoms with Crippen LogP contribution in [0.3, 0.4) is 0 Å². The molecule has 0 bridgehead atoms. The van der Waals surface area contributed by atoms with Gasteiger partial charge in [-0.3, -0.25) is 4.90 Å². The zero-order valence-corrected chi connectivity index (χ0v) is 15.8. The van der Waals surface area contributed by atoms with Gasteiger partial charge >= 0.3 is 0 Å². The standard InChI is InChI=1S/C20H35NO3/c1-6-20(10-8-7-9-11-20)24-15-17(23)14-21-18(2,3)12-16(22)13-19(21,4)5/h1,16-17,22-23H,7-15H2,2-5H3. The van der Waals surface area contributed by atoms with Gasteiger partial charge in [0.25, 0.3) is 0 Å². The van der Waals surface area contributed by atoms with E-state index in [1.165, 1.54) is 6.42 Å². The maximum Gasteiger partial charge on any atom is 0.128 e. The van der Waals surface area contributed by atoms with Crippen molar-refractivity contribution in [2.45, 2.75) is 102 Å². The highest BCUT2D eigenvalue weighted by Crippen LogP contribution is 2.38. The maximum atomic E-state index is 10.6. The van der Waals surface area contributed by atoms with Gasteiger partial charge < -0.3 is 14.9 Å². The van der Waals surface area contributed by atoms with E-state index in [0.717, 1.165) is 38.5 Å². The van der Waals surface area contributed by atoms with Crippen LogP contribution in [-0.4, -0.2) is 57.2 Å². The van der Waals surface area contributed by atoms with E-state index >= 15 is 0 Å². The van der Waals surface area contributed by atoms with Gasteiger partial charge in [-0.25, -0.2) is 0 Å². The third kappa shape index (κ3) is 4.52. The molecule has 4 nitrogen and oxygen atoms in total. The smallest absolute Gasteiger partial charge is 0.128 e. The summed E-state index contributed by atoms with van der Waals surface area (Å²) in [5, 5.41) is 20.7. The van der Waals surface area contributed by atoms with E-state index in [9.17, 15) is 10.2 Å². The second kappa shape index (κ2) is 7.33. The van der Waals surface area contributed by atoms with Crippen LogP contribution in [0.2, 0.25) is 0 Å². The zero-order valence-electron chi connectivity index (χ0n) is 15.8. The molecule has 0 aromatic rings. The Labute approximate surface area is 147 Å². The van der Waals surface area contributed by atoms with E-state index in [0.29, 0.717) is 6.54 Å². The zero-order chi connectivity index (χ0) is 18.0. The summed E-state index contributed by atoms with van der Waals surface area (Å²) in [4.78, 5) is 2.31. The van der Waals surface area contributed by atoms with E-state index in [1.807, 2.05) is 0 Å². The van der Waals surface area contributed by atoms with Crippen LogP contribution in [0.1, 0.15) is 72.6 Å². The Balaban J connectivity index is 1.95. The summed E-state index contributed by atoms with van der Waals surface area (Å²) in [7, 11) is 0. The fourth-order valence-electron chi connectivity index (χ4n) is 4.73. The van der Waals surface area contributed by atoms with Gasteiger partial charge in [0.15, 0.2) is 0 Å². The van der Waals surface area contributed by atoms with Crippen molar-refractivity contribution in [3.63, 3.8) is 0 Å². The lowest BCUT2D eigenvalue weighted by Gasteiger charge is -2.55. The quantitative estimate of drug-likeness (QED) is 0.758. The van der Waals surface area contributed by atoms with Gasteiger partial charge in [-0.1, -0.05) is 12.3 Å². The highest BCUT2D eigenvalue weighted by molar-refractivity contribution is 5.10. The predicted molar refractivity (Wildman–Crippen MR) is 96.7 cm³/mol. The molecule has 1 saturated heterocycles. The normalized spacial score (nSPS) is 28.2. The lowest BCUT2D eigenvalue weighted by Crippen LogP contribution is -2.63. The average molecular weight is 338 g/mol. The molecular weight excluding hydrogens is 302 g/mol. The minimum absolute atomic E-state index is 0.156. The van der Waals surface area contributed by atoms with Crippen molar-refractivity contribution in [2.75, 3.05) is 13.2 Å². The monoisotopic (exact) mass is 337 g/mol. The van der Waals surface area contributed by atoms with Crippen molar-refractivity contribution in [1.82, 2.24) is 4.90 Å². The number of ether oxygens (including phenoxy) is 1. The van der Waals surface area contributed by atoms with Crippen molar-refractivity contribution in [3.05, 3.63) is 0 Å². The third-order valence-corrected chi connectivity index (χ3v) is 5.80. The highest BCUT2D eigenvalue weighted by Gasteiger charge is 2.45. The van der Waals surface area contributed by atoms with E-state index in [1.54, 1.807) is 0 Å². The number of nitrogens with zero attached hydrogens (tertiary/aromatic N) is 1. The topological polar surface area (TPSA) is 52.9 Å². The second-order valence-corrected chi connectivity index (χ2v) is 8.96. The Kier molecular flexibility index (Phi) is 6.03. The molecule has 0 radical (unpaired) electrons. The Hall–Kier alpha value is -0.600. The van der Waals surface area contributed by atoms with Crippen LogP contribution >= 0.6 is 0 Å². The van der Waals surface area contributed by atoms with Crippen LogP contribution in [0.15, 0.2) is 0 Å². The molecule has 1 aliphatic carbocycles. The van der Waals surface area contributed by atoms with Crippen LogP contribution < -0.4 is 0 Å². The highest BCUT2D eigenvalue weighted by atomic mass is 16.5. The van der Waals surface area contributed by atoms with E-state index < -0.39 is 11.7 Å². The third-order valence-electron chi connectivity index (χ3n) is 5.80. The summed E-state index contributed by atoms with van der Waals surface area (Å²) in [5.41, 5.74) is -0.796. The molecule has 2 aliphatic rings. The van der Waals surface area contributed by atoms with Gasteiger partial charge in [0.05, 0.1) is 18.8 Å². The summed E-state index contributed by atoms with van der Waals surface area (Å²) < 4.78 is 6.02. The predicted octanol–water partition coefficient (Wildman–Crippen LogP) is 2.71. The molecule has 1 heterocycles. The van der Waals surface area contributed by atoms with Crippen LogP contribution in [0.5, 0.6) is 0 Å². The van der Waals surface area contributed by atoms with Crippen LogP contribution in [0, 0.1) is 12.3 Å². The Bertz CT molecular complexity index is 442. The molecule has 1 saturated carbocycles. The molecule has 138 valence electrons. The molecule has 1 aliphatic heterocycles.